The van der Waals surface area contributed by atoms with Gasteiger partial charge in [-0.05, 0) is 24.3 Å². The number of rotatable bonds is 5. The summed E-state index contributed by atoms with van der Waals surface area (Å²) in [4.78, 5) is 16.7. The van der Waals surface area contributed by atoms with E-state index in [0.29, 0.717) is 10.6 Å². The molecule has 0 saturated heterocycles. The Kier molecular flexibility index (Phi) is 5.45. The minimum Gasteiger partial charge on any atom is -0.325 e. The zero-order valence-corrected chi connectivity index (χ0v) is 14.2. The van der Waals surface area contributed by atoms with Crippen molar-refractivity contribution in [3.05, 3.63) is 78.4 Å². The number of nitrogens with one attached hydrogen (secondary N) is 1. The second-order valence-electron chi connectivity index (χ2n) is 5.23. The second kappa shape index (κ2) is 8.13. The fourth-order valence-corrected chi connectivity index (χ4v) is 3.03. The summed E-state index contributed by atoms with van der Waals surface area (Å²) in [5, 5.41) is 12.7. The highest BCUT2D eigenvalue weighted by atomic mass is 32.2. The molecule has 0 aliphatic carbocycles. The molecule has 25 heavy (non-hydrogen) atoms. The highest BCUT2D eigenvalue weighted by Gasteiger charge is 2.10. The molecular formula is C20H15N3OS. The van der Waals surface area contributed by atoms with Gasteiger partial charge in [-0.15, -0.1) is 0 Å². The average molecular weight is 345 g/mol. The van der Waals surface area contributed by atoms with Crippen LogP contribution < -0.4 is 5.32 Å². The molecule has 0 saturated carbocycles. The standard InChI is InChI=1S/C20H15N3OS/c21-13-16-11-12-18(15-7-3-1-4-8-15)23-20(16)25-14-19(24)22-17-9-5-2-6-10-17/h1-12H,14H2,(H,22,24). The molecule has 2 aromatic carbocycles. The number of hydrogen-bond acceptors (Lipinski definition) is 4. The van der Waals surface area contributed by atoms with Gasteiger partial charge in [0.2, 0.25) is 5.91 Å². The Morgan fingerprint density at radius 2 is 1.68 bits per heavy atom. The highest BCUT2D eigenvalue weighted by Crippen LogP contribution is 2.25. The summed E-state index contributed by atoms with van der Waals surface area (Å²) in [7, 11) is 0. The Labute approximate surface area is 150 Å². The van der Waals surface area contributed by atoms with Crippen LogP contribution in [0.5, 0.6) is 0 Å². The maximum Gasteiger partial charge on any atom is 0.234 e. The van der Waals surface area contributed by atoms with Gasteiger partial charge in [0, 0.05) is 11.3 Å². The predicted molar refractivity (Wildman–Crippen MR) is 100 cm³/mol. The Morgan fingerprint density at radius 1 is 1.00 bits per heavy atom. The molecule has 1 heterocycles. The number of benzene rings is 2. The van der Waals surface area contributed by atoms with Crippen molar-refractivity contribution >= 4 is 23.4 Å². The number of para-hydroxylation sites is 1. The van der Waals surface area contributed by atoms with Crippen molar-refractivity contribution in [2.24, 2.45) is 0 Å². The third-order valence-corrected chi connectivity index (χ3v) is 4.44. The van der Waals surface area contributed by atoms with Crippen molar-refractivity contribution in [2.45, 2.75) is 5.03 Å². The molecule has 0 aliphatic heterocycles. The van der Waals surface area contributed by atoms with Crippen molar-refractivity contribution in [3.8, 4) is 17.3 Å². The molecular weight excluding hydrogens is 330 g/mol. The fourth-order valence-electron chi connectivity index (χ4n) is 2.26. The van der Waals surface area contributed by atoms with E-state index in [1.54, 1.807) is 6.07 Å². The van der Waals surface area contributed by atoms with Gasteiger partial charge in [0.15, 0.2) is 0 Å². The molecule has 1 N–H and O–H groups in total. The van der Waals surface area contributed by atoms with E-state index < -0.39 is 0 Å². The molecule has 0 spiro atoms. The van der Waals surface area contributed by atoms with Crippen LogP contribution in [0.2, 0.25) is 0 Å². The van der Waals surface area contributed by atoms with E-state index >= 15 is 0 Å². The summed E-state index contributed by atoms with van der Waals surface area (Å²) < 4.78 is 0. The van der Waals surface area contributed by atoms with Gasteiger partial charge in [-0.2, -0.15) is 5.26 Å². The molecule has 3 rings (SSSR count). The zero-order chi connectivity index (χ0) is 17.5. The lowest BCUT2D eigenvalue weighted by atomic mass is 10.1. The van der Waals surface area contributed by atoms with Crippen LogP contribution in [0.4, 0.5) is 5.69 Å². The fraction of sp³-hybridized carbons (Fsp3) is 0.0500. The summed E-state index contributed by atoms with van der Waals surface area (Å²) in [5.41, 5.74) is 2.98. The van der Waals surface area contributed by atoms with E-state index in [1.165, 1.54) is 11.8 Å². The topological polar surface area (TPSA) is 65.8 Å². The molecule has 0 bridgehead atoms. The molecule has 4 nitrogen and oxygen atoms in total. The number of amides is 1. The van der Waals surface area contributed by atoms with Crippen molar-refractivity contribution in [1.29, 1.82) is 5.26 Å². The molecule has 5 heteroatoms. The molecule has 0 radical (unpaired) electrons. The predicted octanol–water partition coefficient (Wildman–Crippen LogP) is 4.35. The quantitative estimate of drug-likeness (QED) is 0.698. The van der Waals surface area contributed by atoms with Crippen LogP contribution in [0.15, 0.2) is 77.8 Å². The number of thioether (sulfide) groups is 1. The Bertz CT molecular complexity index is 905. The lowest BCUT2D eigenvalue weighted by molar-refractivity contribution is -0.113. The number of pyridine rings is 1. The van der Waals surface area contributed by atoms with Gasteiger partial charge < -0.3 is 5.32 Å². The van der Waals surface area contributed by atoms with Gasteiger partial charge in [-0.3, -0.25) is 4.79 Å². The first kappa shape index (κ1) is 16.7. The van der Waals surface area contributed by atoms with E-state index in [0.717, 1.165) is 16.9 Å². The molecule has 0 fully saturated rings. The minimum atomic E-state index is -0.132. The molecule has 3 aromatic rings. The smallest absolute Gasteiger partial charge is 0.234 e. The first-order chi connectivity index (χ1) is 12.3. The first-order valence-corrected chi connectivity index (χ1v) is 8.69. The Hall–Kier alpha value is -3.10. The van der Waals surface area contributed by atoms with Crippen LogP contribution in [0.25, 0.3) is 11.3 Å². The van der Waals surface area contributed by atoms with E-state index in [9.17, 15) is 10.1 Å². The number of anilines is 1. The van der Waals surface area contributed by atoms with Crippen molar-refractivity contribution in [1.82, 2.24) is 4.98 Å². The molecule has 0 atom stereocenters. The van der Waals surface area contributed by atoms with Crippen LogP contribution in [0.1, 0.15) is 5.56 Å². The first-order valence-electron chi connectivity index (χ1n) is 7.70. The van der Waals surface area contributed by atoms with Crippen LogP contribution in [-0.4, -0.2) is 16.6 Å². The lowest BCUT2D eigenvalue weighted by Crippen LogP contribution is -2.14. The van der Waals surface area contributed by atoms with Gasteiger partial charge in [0.05, 0.1) is 17.0 Å². The second-order valence-corrected chi connectivity index (χ2v) is 6.19. The summed E-state index contributed by atoms with van der Waals surface area (Å²) in [6.07, 6.45) is 0. The largest absolute Gasteiger partial charge is 0.325 e. The third-order valence-electron chi connectivity index (χ3n) is 3.45. The monoisotopic (exact) mass is 345 g/mol. The van der Waals surface area contributed by atoms with E-state index in [1.807, 2.05) is 66.7 Å². The van der Waals surface area contributed by atoms with Crippen LogP contribution in [0, 0.1) is 11.3 Å². The summed E-state index contributed by atoms with van der Waals surface area (Å²) >= 11 is 1.26. The summed E-state index contributed by atoms with van der Waals surface area (Å²) in [5.74, 6) is 0.0569. The number of hydrogen-bond donors (Lipinski definition) is 1. The van der Waals surface area contributed by atoms with Gasteiger partial charge >= 0.3 is 0 Å². The van der Waals surface area contributed by atoms with Crippen LogP contribution in [0.3, 0.4) is 0 Å². The van der Waals surface area contributed by atoms with Gasteiger partial charge in [0.1, 0.15) is 11.1 Å². The molecule has 1 amide bonds. The lowest BCUT2D eigenvalue weighted by Gasteiger charge is -2.07. The number of carbonyl (C=O) groups excluding carboxylic acids is 1. The number of nitrogens with zero attached hydrogens (tertiary/aromatic N) is 2. The Morgan fingerprint density at radius 3 is 2.36 bits per heavy atom. The van der Waals surface area contributed by atoms with Crippen molar-refractivity contribution in [3.63, 3.8) is 0 Å². The van der Waals surface area contributed by atoms with E-state index in [-0.39, 0.29) is 11.7 Å². The molecule has 1 aromatic heterocycles. The summed E-state index contributed by atoms with van der Waals surface area (Å²) in [6, 6.07) is 24.7. The number of aromatic nitrogens is 1. The summed E-state index contributed by atoms with van der Waals surface area (Å²) in [6.45, 7) is 0. The average Bonchev–Trinajstić information content (AvgIpc) is 2.67. The van der Waals surface area contributed by atoms with E-state index in [2.05, 4.69) is 16.4 Å². The zero-order valence-electron chi connectivity index (χ0n) is 13.3. The maximum absolute atomic E-state index is 12.1. The molecule has 0 aliphatic rings. The minimum absolute atomic E-state index is 0.132. The Balaban J connectivity index is 1.73. The molecule has 122 valence electrons. The van der Waals surface area contributed by atoms with Crippen LogP contribution in [-0.2, 0) is 4.79 Å². The van der Waals surface area contributed by atoms with Crippen molar-refractivity contribution < 1.29 is 4.79 Å². The maximum atomic E-state index is 12.1. The highest BCUT2D eigenvalue weighted by molar-refractivity contribution is 8.00. The third kappa shape index (κ3) is 4.46. The van der Waals surface area contributed by atoms with Crippen LogP contribution >= 0.6 is 11.8 Å². The van der Waals surface area contributed by atoms with Gasteiger partial charge in [0.25, 0.3) is 0 Å². The number of nitriles is 1. The molecule has 0 unspecified atom stereocenters. The van der Waals surface area contributed by atoms with Gasteiger partial charge in [-0.25, -0.2) is 4.98 Å². The van der Waals surface area contributed by atoms with Gasteiger partial charge in [-0.1, -0.05) is 60.3 Å². The SMILES string of the molecule is N#Cc1ccc(-c2ccccc2)nc1SCC(=O)Nc1ccccc1. The number of carbonyl (C=O) groups is 1. The van der Waals surface area contributed by atoms with E-state index in [4.69, 9.17) is 0 Å². The normalized spacial score (nSPS) is 10.0. The van der Waals surface area contributed by atoms with Crippen molar-refractivity contribution in [2.75, 3.05) is 11.1 Å².